The Kier molecular flexibility index (Phi) is 6.68. The first-order chi connectivity index (χ1) is 12.2. The summed E-state index contributed by atoms with van der Waals surface area (Å²) in [5.41, 5.74) is 0.480. The lowest BCUT2D eigenvalue weighted by Gasteiger charge is -2.30. The van der Waals surface area contributed by atoms with Crippen LogP contribution in [0.2, 0.25) is 0 Å². The number of hydrogen-bond acceptors (Lipinski definition) is 3. The van der Waals surface area contributed by atoms with Gasteiger partial charge in [-0.3, -0.25) is 9.69 Å². The molecule has 26 heavy (non-hydrogen) atoms. The Morgan fingerprint density at radius 1 is 1.27 bits per heavy atom. The average molecular weight is 360 g/mol. The van der Waals surface area contributed by atoms with Crippen molar-refractivity contribution in [2.24, 2.45) is 5.92 Å². The van der Waals surface area contributed by atoms with E-state index in [1.807, 2.05) is 58.0 Å². The van der Waals surface area contributed by atoms with Crippen molar-refractivity contribution in [1.82, 2.24) is 10.2 Å². The minimum atomic E-state index is -0.571. The first-order valence-corrected chi connectivity index (χ1v) is 9.58. The smallest absolute Gasteiger partial charge is 0.410 e. The van der Waals surface area contributed by atoms with E-state index in [9.17, 15) is 9.59 Å². The van der Waals surface area contributed by atoms with E-state index >= 15 is 0 Å². The van der Waals surface area contributed by atoms with Crippen molar-refractivity contribution in [2.45, 2.75) is 71.6 Å². The second-order valence-electron chi connectivity index (χ2n) is 8.10. The van der Waals surface area contributed by atoms with Crippen molar-refractivity contribution >= 4 is 12.0 Å². The van der Waals surface area contributed by atoms with Crippen LogP contribution in [-0.4, -0.2) is 35.1 Å². The lowest BCUT2D eigenvalue weighted by atomic mass is 9.94. The molecule has 5 nitrogen and oxygen atoms in total. The Morgan fingerprint density at radius 2 is 1.92 bits per heavy atom. The molecule has 1 fully saturated rings. The summed E-state index contributed by atoms with van der Waals surface area (Å²) in [6, 6.07) is 9.30. The number of hydrogen-bond donors (Lipinski definition) is 1. The van der Waals surface area contributed by atoms with Crippen LogP contribution in [0.3, 0.4) is 0 Å². The van der Waals surface area contributed by atoms with Gasteiger partial charge < -0.3 is 10.1 Å². The van der Waals surface area contributed by atoms with Gasteiger partial charge in [0.1, 0.15) is 11.6 Å². The molecular weight excluding hydrogens is 328 g/mol. The highest BCUT2D eigenvalue weighted by molar-refractivity contribution is 5.87. The maximum Gasteiger partial charge on any atom is 0.410 e. The molecule has 0 aromatic heterocycles. The number of rotatable bonds is 5. The van der Waals surface area contributed by atoms with E-state index in [-0.39, 0.29) is 17.9 Å². The molecule has 1 heterocycles. The Hall–Kier alpha value is -2.04. The molecule has 0 bridgehead atoms. The van der Waals surface area contributed by atoms with Crippen LogP contribution in [0.25, 0.3) is 0 Å². The largest absolute Gasteiger partial charge is 0.444 e. The fraction of sp³-hybridized carbons (Fsp3) is 0.619. The standard InChI is InChI=1S/C21H32N2O3/c1-6-10-17-13-14-23(20(25)26-21(3,4)5)18(17)19(24)22-15(2)16-11-8-7-9-12-16/h7-9,11-12,15,17-18H,6,10,13-14H2,1-5H3,(H,22,24)/t15-,17+,18+/m0/s1. The fourth-order valence-electron chi connectivity index (χ4n) is 3.53. The van der Waals surface area contributed by atoms with Gasteiger partial charge >= 0.3 is 6.09 Å². The molecule has 0 aliphatic carbocycles. The summed E-state index contributed by atoms with van der Waals surface area (Å²) in [6.45, 7) is 10.2. The lowest BCUT2D eigenvalue weighted by molar-refractivity contribution is -0.127. The number of carbonyl (C=O) groups is 2. The van der Waals surface area contributed by atoms with E-state index in [1.165, 1.54) is 0 Å². The minimum absolute atomic E-state index is 0.0943. The molecule has 2 rings (SSSR count). The Bertz CT molecular complexity index is 609. The Morgan fingerprint density at radius 3 is 2.50 bits per heavy atom. The highest BCUT2D eigenvalue weighted by atomic mass is 16.6. The van der Waals surface area contributed by atoms with E-state index in [2.05, 4.69) is 12.2 Å². The summed E-state index contributed by atoms with van der Waals surface area (Å²) in [4.78, 5) is 27.2. The van der Waals surface area contributed by atoms with Gasteiger partial charge in [-0.2, -0.15) is 0 Å². The fourth-order valence-corrected chi connectivity index (χ4v) is 3.53. The topological polar surface area (TPSA) is 58.6 Å². The van der Waals surface area contributed by atoms with Crippen LogP contribution in [0.15, 0.2) is 30.3 Å². The maximum absolute atomic E-state index is 13.0. The van der Waals surface area contributed by atoms with Gasteiger partial charge in [0, 0.05) is 6.54 Å². The van der Waals surface area contributed by atoms with Crippen molar-refractivity contribution in [3.8, 4) is 0 Å². The van der Waals surface area contributed by atoms with Gasteiger partial charge in [-0.15, -0.1) is 0 Å². The zero-order valence-electron chi connectivity index (χ0n) is 16.6. The molecule has 0 radical (unpaired) electrons. The number of ether oxygens (including phenoxy) is 1. The molecule has 1 aromatic rings. The molecule has 1 N–H and O–H groups in total. The molecular formula is C21H32N2O3. The molecule has 144 valence electrons. The van der Waals surface area contributed by atoms with Gasteiger partial charge in [-0.25, -0.2) is 4.79 Å². The number of benzene rings is 1. The van der Waals surface area contributed by atoms with Gasteiger partial charge in [0.05, 0.1) is 6.04 Å². The molecule has 1 saturated heterocycles. The maximum atomic E-state index is 13.0. The number of nitrogens with one attached hydrogen (secondary N) is 1. The van der Waals surface area contributed by atoms with Crippen LogP contribution in [0, 0.1) is 5.92 Å². The van der Waals surface area contributed by atoms with Crippen molar-refractivity contribution in [1.29, 1.82) is 0 Å². The number of amides is 2. The summed E-state index contributed by atoms with van der Waals surface area (Å²) in [6.07, 6.45) is 2.36. The Labute approximate surface area is 157 Å². The monoisotopic (exact) mass is 360 g/mol. The summed E-state index contributed by atoms with van der Waals surface area (Å²) in [7, 11) is 0. The van der Waals surface area contributed by atoms with Crippen LogP contribution in [0.5, 0.6) is 0 Å². The van der Waals surface area contributed by atoms with Crippen molar-refractivity contribution in [3.63, 3.8) is 0 Å². The van der Waals surface area contributed by atoms with Crippen molar-refractivity contribution in [2.75, 3.05) is 6.54 Å². The SMILES string of the molecule is CCC[C@@H]1CCN(C(=O)OC(C)(C)C)[C@H]1C(=O)N[C@@H](C)c1ccccc1. The summed E-state index contributed by atoms with van der Waals surface area (Å²) >= 11 is 0. The zero-order valence-corrected chi connectivity index (χ0v) is 16.6. The van der Waals surface area contributed by atoms with Gasteiger partial charge in [0.2, 0.25) is 5.91 Å². The minimum Gasteiger partial charge on any atom is -0.444 e. The molecule has 0 saturated carbocycles. The van der Waals surface area contributed by atoms with E-state index < -0.39 is 17.7 Å². The molecule has 1 aromatic carbocycles. The number of nitrogens with zero attached hydrogens (tertiary/aromatic N) is 1. The van der Waals surface area contributed by atoms with Gasteiger partial charge in [0.15, 0.2) is 0 Å². The third kappa shape index (κ3) is 5.23. The molecule has 0 spiro atoms. The first kappa shape index (κ1) is 20.3. The summed E-state index contributed by atoms with van der Waals surface area (Å²) in [5.74, 6) is 0.0821. The number of likely N-dealkylation sites (tertiary alicyclic amines) is 1. The van der Waals surface area contributed by atoms with E-state index in [0.717, 1.165) is 24.8 Å². The highest BCUT2D eigenvalue weighted by Crippen LogP contribution is 2.30. The third-order valence-corrected chi connectivity index (χ3v) is 4.74. The van der Waals surface area contributed by atoms with E-state index in [4.69, 9.17) is 4.74 Å². The summed E-state index contributed by atoms with van der Waals surface area (Å²) < 4.78 is 5.53. The Balaban J connectivity index is 2.13. The second-order valence-corrected chi connectivity index (χ2v) is 8.10. The van der Waals surface area contributed by atoms with Crippen molar-refractivity contribution in [3.05, 3.63) is 35.9 Å². The molecule has 2 amide bonds. The normalized spacial score (nSPS) is 21.3. The zero-order chi connectivity index (χ0) is 19.3. The molecule has 1 aliphatic heterocycles. The van der Waals surface area contributed by atoms with E-state index in [0.29, 0.717) is 6.54 Å². The van der Waals surface area contributed by atoms with Crippen LogP contribution in [0.4, 0.5) is 4.79 Å². The van der Waals surface area contributed by atoms with Crippen LogP contribution < -0.4 is 5.32 Å². The average Bonchev–Trinajstić information content (AvgIpc) is 2.98. The van der Waals surface area contributed by atoms with Crippen LogP contribution >= 0.6 is 0 Å². The third-order valence-electron chi connectivity index (χ3n) is 4.74. The predicted octanol–water partition coefficient (Wildman–Crippen LogP) is 4.29. The number of carbonyl (C=O) groups excluding carboxylic acids is 2. The highest BCUT2D eigenvalue weighted by Gasteiger charge is 2.43. The van der Waals surface area contributed by atoms with Crippen molar-refractivity contribution < 1.29 is 14.3 Å². The second kappa shape index (κ2) is 8.56. The van der Waals surface area contributed by atoms with Crippen LogP contribution in [0.1, 0.15) is 65.5 Å². The summed E-state index contributed by atoms with van der Waals surface area (Å²) in [5, 5.41) is 3.09. The first-order valence-electron chi connectivity index (χ1n) is 9.58. The van der Waals surface area contributed by atoms with Gasteiger partial charge in [-0.05, 0) is 52.0 Å². The predicted molar refractivity (Wildman–Crippen MR) is 103 cm³/mol. The molecule has 3 atom stereocenters. The van der Waals surface area contributed by atoms with Crippen LogP contribution in [-0.2, 0) is 9.53 Å². The molecule has 1 aliphatic rings. The molecule has 5 heteroatoms. The van der Waals surface area contributed by atoms with Gasteiger partial charge in [-0.1, -0.05) is 43.7 Å². The lowest BCUT2D eigenvalue weighted by Crippen LogP contribution is -2.50. The quantitative estimate of drug-likeness (QED) is 0.852. The molecule has 0 unspecified atom stereocenters. The van der Waals surface area contributed by atoms with Gasteiger partial charge in [0.25, 0.3) is 0 Å². The van der Waals surface area contributed by atoms with E-state index in [1.54, 1.807) is 4.90 Å².